The van der Waals surface area contributed by atoms with E-state index in [1.165, 1.54) is 0 Å². The summed E-state index contributed by atoms with van der Waals surface area (Å²) in [5.74, 6) is 0.191. The first-order valence-corrected chi connectivity index (χ1v) is 6.13. The zero-order valence-corrected chi connectivity index (χ0v) is 9.87. The highest BCUT2D eigenvalue weighted by molar-refractivity contribution is 5.82. The molecule has 2 aliphatic rings. The lowest BCUT2D eigenvalue weighted by molar-refractivity contribution is -0.139. The number of hydrogen-bond acceptors (Lipinski definition) is 4. The Hall–Kier alpha value is -0.650. The Morgan fingerprint density at radius 3 is 3.00 bits per heavy atom. The second-order valence-corrected chi connectivity index (χ2v) is 4.44. The van der Waals surface area contributed by atoms with Crippen LogP contribution in [0.4, 0.5) is 0 Å². The van der Waals surface area contributed by atoms with Gasteiger partial charge in [-0.25, -0.2) is 0 Å². The van der Waals surface area contributed by atoms with Gasteiger partial charge in [0.15, 0.2) is 0 Å². The van der Waals surface area contributed by atoms with Crippen LogP contribution in [0.2, 0.25) is 0 Å². The largest absolute Gasteiger partial charge is 0.375 e. The lowest BCUT2D eigenvalue weighted by Crippen LogP contribution is -2.56. The molecule has 2 heterocycles. The Morgan fingerprint density at radius 1 is 1.31 bits per heavy atom. The van der Waals surface area contributed by atoms with E-state index in [0.29, 0.717) is 6.61 Å². The molecule has 2 aliphatic heterocycles. The number of carbonyl (C=O) groups excluding carboxylic acids is 1. The minimum Gasteiger partial charge on any atom is -0.375 e. The molecule has 2 N–H and O–H groups in total. The van der Waals surface area contributed by atoms with E-state index in [2.05, 4.69) is 10.6 Å². The van der Waals surface area contributed by atoms with Gasteiger partial charge in [-0.05, 0) is 19.9 Å². The van der Waals surface area contributed by atoms with Gasteiger partial charge < -0.3 is 20.3 Å². The van der Waals surface area contributed by atoms with Crippen LogP contribution in [-0.2, 0) is 9.53 Å². The number of ether oxygens (including phenoxy) is 1. The predicted molar refractivity (Wildman–Crippen MR) is 61.3 cm³/mol. The van der Waals surface area contributed by atoms with Gasteiger partial charge in [0.25, 0.3) is 0 Å². The Labute approximate surface area is 96.5 Å². The second-order valence-electron chi connectivity index (χ2n) is 4.44. The molecule has 0 aromatic heterocycles. The normalized spacial score (nSPS) is 32.2. The Bertz CT molecular complexity index is 239. The van der Waals surface area contributed by atoms with E-state index in [4.69, 9.17) is 4.74 Å². The van der Waals surface area contributed by atoms with Crippen molar-refractivity contribution in [1.29, 1.82) is 0 Å². The highest BCUT2D eigenvalue weighted by Gasteiger charge is 2.31. The molecule has 0 bridgehead atoms. The second kappa shape index (κ2) is 5.61. The molecule has 0 aliphatic carbocycles. The molecule has 0 aromatic carbocycles. The topological polar surface area (TPSA) is 53.6 Å². The van der Waals surface area contributed by atoms with Crippen molar-refractivity contribution < 1.29 is 9.53 Å². The van der Waals surface area contributed by atoms with Gasteiger partial charge in [-0.15, -0.1) is 0 Å². The van der Waals surface area contributed by atoms with E-state index in [-0.39, 0.29) is 18.1 Å². The van der Waals surface area contributed by atoms with Crippen molar-refractivity contribution in [2.75, 3.05) is 39.3 Å². The fraction of sp³-hybridized carbons (Fsp3) is 0.909. The van der Waals surface area contributed by atoms with Crippen molar-refractivity contribution in [3.8, 4) is 0 Å². The molecule has 5 heteroatoms. The molecule has 2 rings (SSSR count). The third-order valence-electron chi connectivity index (χ3n) is 3.23. The lowest BCUT2D eigenvalue weighted by Gasteiger charge is -2.33. The van der Waals surface area contributed by atoms with E-state index < -0.39 is 0 Å². The molecule has 0 radical (unpaired) electrons. The molecule has 0 aromatic rings. The van der Waals surface area contributed by atoms with Crippen molar-refractivity contribution >= 4 is 5.91 Å². The summed E-state index contributed by atoms with van der Waals surface area (Å²) in [4.78, 5) is 14.2. The van der Waals surface area contributed by atoms with Crippen molar-refractivity contribution in [3.63, 3.8) is 0 Å². The van der Waals surface area contributed by atoms with Crippen LogP contribution in [0.1, 0.15) is 13.3 Å². The molecule has 1 amide bonds. The molecule has 0 spiro atoms. The molecule has 2 fully saturated rings. The van der Waals surface area contributed by atoms with Crippen LogP contribution in [0.5, 0.6) is 0 Å². The third kappa shape index (κ3) is 2.72. The van der Waals surface area contributed by atoms with E-state index >= 15 is 0 Å². The van der Waals surface area contributed by atoms with Crippen molar-refractivity contribution in [3.05, 3.63) is 0 Å². The van der Waals surface area contributed by atoms with Gasteiger partial charge in [0.1, 0.15) is 6.04 Å². The number of amides is 1. The Balaban J connectivity index is 1.93. The SMILES string of the molecule is C[C@H]1OCCN[C@@H]1C(=O)N1CCCNCC1. The summed E-state index contributed by atoms with van der Waals surface area (Å²) in [5.41, 5.74) is 0. The minimum atomic E-state index is -0.160. The standard InChI is InChI=1S/C11H21N3O2/c1-9-10(13-5-8-16-9)11(15)14-6-2-3-12-4-7-14/h9-10,12-13H,2-8H2,1H3/t9-,10+/m1/s1. The number of morpholine rings is 1. The summed E-state index contributed by atoms with van der Waals surface area (Å²) in [6, 6.07) is -0.160. The number of carbonyl (C=O) groups is 1. The van der Waals surface area contributed by atoms with Gasteiger partial charge >= 0.3 is 0 Å². The van der Waals surface area contributed by atoms with Crippen LogP contribution >= 0.6 is 0 Å². The summed E-state index contributed by atoms with van der Waals surface area (Å²) >= 11 is 0. The third-order valence-corrected chi connectivity index (χ3v) is 3.23. The lowest BCUT2D eigenvalue weighted by atomic mass is 10.1. The minimum absolute atomic E-state index is 0.0162. The van der Waals surface area contributed by atoms with Crippen LogP contribution in [0, 0.1) is 0 Å². The van der Waals surface area contributed by atoms with Crippen molar-refractivity contribution in [2.45, 2.75) is 25.5 Å². The smallest absolute Gasteiger partial charge is 0.242 e. The highest BCUT2D eigenvalue weighted by atomic mass is 16.5. The molecular formula is C11H21N3O2. The molecule has 92 valence electrons. The average molecular weight is 227 g/mol. The van der Waals surface area contributed by atoms with Gasteiger partial charge in [-0.1, -0.05) is 0 Å². The molecule has 0 unspecified atom stereocenters. The summed E-state index contributed by atoms with van der Waals surface area (Å²) in [7, 11) is 0. The van der Waals surface area contributed by atoms with Crippen LogP contribution < -0.4 is 10.6 Å². The van der Waals surface area contributed by atoms with E-state index in [1.807, 2.05) is 11.8 Å². The van der Waals surface area contributed by atoms with E-state index in [9.17, 15) is 4.79 Å². The van der Waals surface area contributed by atoms with Crippen molar-refractivity contribution in [1.82, 2.24) is 15.5 Å². The number of nitrogens with zero attached hydrogens (tertiary/aromatic N) is 1. The highest BCUT2D eigenvalue weighted by Crippen LogP contribution is 2.08. The molecule has 2 atom stereocenters. The first-order valence-electron chi connectivity index (χ1n) is 6.13. The maximum atomic E-state index is 12.3. The van der Waals surface area contributed by atoms with Crippen LogP contribution in [0.25, 0.3) is 0 Å². The van der Waals surface area contributed by atoms with Crippen LogP contribution in [-0.4, -0.2) is 62.3 Å². The number of rotatable bonds is 1. The van der Waals surface area contributed by atoms with Gasteiger partial charge in [0.05, 0.1) is 12.7 Å². The number of nitrogens with one attached hydrogen (secondary N) is 2. The van der Waals surface area contributed by atoms with E-state index in [1.54, 1.807) is 0 Å². The Kier molecular flexibility index (Phi) is 4.15. The molecule has 2 saturated heterocycles. The molecular weight excluding hydrogens is 206 g/mol. The fourth-order valence-electron chi connectivity index (χ4n) is 2.27. The summed E-state index contributed by atoms with van der Waals surface area (Å²) in [6.07, 6.45) is 1.02. The maximum absolute atomic E-state index is 12.3. The maximum Gasteiger partial charge on any atom is 0.242 e. The van der Waals surface area contributed by atoms with E-state index in [0.717, 1.165) is 39.1 Å². The summed E-state index contributed by atoms with van der Waals surface area (Å²) in [6.45, 7) is 7.01. The fourth-order valence-corrected chi connectivity index (χ4v) is 2.27. The zero-order valence-electron chi connectivity index (χ0n) is 9.87. The molecule has 16 heavy (non-hydrogen) atoms. The first-order chi connectivity index (χ1) is 7.79. The van der Waals surface area contributed by atoms with Crippen molar-refractivity contribution in [2.24, 2.45) is 0 Å². The van der Waals surface area contributed by atoms with Gasteiger partial charge in [0, 0.05) is 26.2 Å². The molecule has 5 nitrogen and oxygen atoms in total. The van der Waals surface area contributed by atoms with Gasteiger partial charge in [-0.2, -0.15) is 0 Å². The van der Waals surface area contributed by atoms with Crippen LogP contribution in [0.3, 0.4) is 0 Å². The average Bonchev–Trinajstić information content (AvgIpc) is 2.57. The zero-order chi connectivity index (χ0) is 11.4. The Morgan fingerprint density at radius 2 is 2.19 bits per heavy atom. The van der Waals surface area contributed by atoms with Gasteiger partial charge in [-0.3, -0.25) is 4.79 Å². The first kappa shape index (κ1) is 11.8. The summed E-state index contributed by atoms with van der Waals surface area (Å²) in [5, 5.41) is 6.55. The quantitative estimate of drug-likeness (QED) is 0.615. The van der Waals surface area contributed by atoms with Crippen LogP contribution in [0.15, 0.2) is 0 Å². The summed E-state index contributed by atoms with van der Waals surface area (Å²) < 4.78 is 5.51. The van der Waals surface area contributed by atoms with Gasteiger partial charge in [0.2, 0.25) is 5.91 Å². The monoisotopic (exact) mass is 227 g/mol. The number of hydrogen-bond donors (Lipinski definition) is 2. The predicted octanol–water partition coefficient (Wildman–Crippen LogP) is -0.815. The molecule has 0 saturated carbocycles.